The lowest BCUT2D eigenvalue weighted by Crippen LogP contribution is -2.15. The number of hydrogen-bond donors (Lipinski definition) is 1. The van der Waals surface area contributed by atoms with Gasteiger partial charge in [-0.2, -0.15) is 0 Å². The molecule has 0 bridgehead atoms. The lowest BCUT2D eigenvalue weighted by molar-refractivity contribution is 0.102. The van der Waals surface area contributed by atoms with Gasteiger partial charge in [-0.25, -0.2) is 0 Å². The van der Waals surface area contributed by atoms with Gasteiger partial charge in [0.25, 0.3) is 5.91 Å². The van der Waals surface area contributed by atoms with Gasteiger partial charge in [0.1, 0.15) is 17.1 Å². The Morgan fingerprint density at radius 3 is 2.38 bits per heavy atom. The fraction of sp³-hybridized carbons (Fsp3) is 0.219. The highest BCUT2D eigenvalue weighted by atomic mass is 16.5. The van der Waals surface area contributed by atoms with E-state index in [1.165, 1.54) is 16.7 Å². The number of aromatic nitrogens is 2. The van der Waals surface area contributed by atoms with Crippen molar-refractivity contribution in [1.29, 1.82) is 0 Å². The molecule has 0 radical (unpaired) electrons. The Morgan fingerprint density at radius 1 is 0.892 bits per heavy atom. The van der Waals surface area contributed by atoms with Crippen molar-refractivity contribution in [3.05, 3.63) is 101 Å². The van der Waals surface area contributed by atoms with Crippen LogP contribution in [0.4, 0.5) is 5.69 Å². The first kappa shape index (κ1) is 23.2. The normalized spacial score (nSPS) is 12.9. The molecule has 2 aromatic heterocycles. The van der Waals surface area contributed by atoms with Crippen LogP contribution in [0.15, 0.2) is 79.0 Å². The summed E-state index contributed by atoms with van der Waals surface area (Å²) in [6.45, 7) is 5.18. The van der Waals surface area contributed by atoms with E-state index < -0.39 is 0 Å². The number of carbonyl (C=O) groups excluding carboxylic acids is 1. The van der Waals surface area contributed by atoms with Crippen LogP contribution in [0.2, 0.25) is 0 Å². The van der Waals surface area contributed by atoms with Crippen LogP contribution in [0.5, 0.6) is 5.75 Å². The summed E-state index contributed by atoms with van der Waals surface area (Å²) < 4.78 is 9.91. The Morgan fingerprint density at radius 2 is 1.65 bits per heavy atom. The molecule has 186 valence electrons. The molecule has 0 unspecified atom stereocenters. The van der Waals surface area contributed by atoms with Crippen LogP contribution in [0.1, 0.15) is 40.0 Å². The Labute approximate surface area is 217 Å². The first-order valence-electron chi connectivity index (χ1n) is 12.9. The number of carbonyl (C=O) groups is 1. The summed E-state index contributed by atoms with van der Waals surface area (Å²) >= 11 is 0. The van der Waals surface area contributed by atoms with E-state index in [-0.39, 0.29) is 5.91 Å². The third-order valence-corrected chi connectivity index (χ3v) is 7.56. The highest BCUT2D eigenvalue weighted by Crippen LogP contribution is 2.40. The van der Waals surface area contributed by atoms with Gasteiger partial charge in [-0.1, -0.05) is 36.4 Å². The number of imidazole rings is 1. The lowest BCUT2D eigenvalue weighted by atomic mass is 9.95. The van der Waals surface area contributed by atoms with Crippen LogP contribution in [0.25, 0.3) is 28.0 Å². The van der Waals surface area contributed by atoms with Gasteiger partial charge in [0.2, 0.25) is 0 Å². The summed E-state index contributed by atoms with van der Waals surface area (Å²) in [5.41, 5.74) is 10.7. The van der Waals surface area contributed by atoms with Crippen LogP contribution in [0, 0.1) is 13.8 Å². The highest BCUT2D eigenvalue weighted by molar-refractivity contribution is 6.10. The molecule has 3 heterocycles. The maximum atomic E-state index is 14.0. The summed E-state index contributed by atoms with van der Waals surface area (Å²) in [6, 6.07) is 24.4. The van der Waals surface area contributed by atoms with E-state index >= 15 is 0 Å². The third kappa shape index (κ3) is 4.01. The summed E-state index contributed by atoms with van der Waals surface area (Å²) in [4.78, 5) is 14.0. The number of hydrogen-bond acceptors (Lipinski definition) is 2. The predicted molar refractivity (Wildman–Crippen MR) is 150 cm³/mol. The molecule has 37 heavy (non-hydrogen) atoms. The van der Waals surface area contributed by atoms with Gasteiger partial charge in [-0.05, 0) is 91.8 Å². The lowest BCUT2D eigenvalue weighted by Gasteiger charge is -2.12. The van der Waals surface area contributed by atoms with Crippen molar-refractivity contribution in [2.45, 2.75) is 39.7 Å². The second-order valence-electron chi connectivity index (χ2n) is 9.87. The molecule has 0 atom stereocenters. The van der Waals surface area contributed by atoms with Crippen molar-refractivity contribution < 1.29 is 9.53 Å². The molecule has 0 saturated heterocycles. The number of nitrogens with zero attached hydrogens (tertiary/aromatic N) is 2. The van der Waals surface area contributed by atoms with Gasteiger partial charge in [0, 0.05) is 29.6 Å². The molecule has 1 N–H and O–H groups in total. The van der Waals surface area contributed by atoms with Crippen molar-refractivity contribution >= 4 is 17.2 Å². The average Bonchev–Trinajstić information content (AvgIpc) is 3.34. The zero-order valence-electron chi connectivity index (χ0n) is 21.5. The van der Waals surface area contributed by atoms with E-state index in [4.69, 9.17) is 4.74 Å². The Hall–Kier alpha value is -4.25. The van der Waals surface area contributed by atoms with E-state index in [9.17, 15) is 4.79 Å². The van der Waals surface area contributed by atoms with Gasteiger partial charge in [-0.3, -0.25) is 9.20 Å². The molecule has 0 spiro atoms. The fourth-order valence-electron chi connectivity index (χ4n) is 5.52. The van der Waals surface area contributed by atoms with Gasteiger partial charge in [0.05, 0.1) is 12.8 Å². The third-order valence-electron chi connectivity index (χ3n) is 7.56. The number of para-hydroxylation sites is 1. The summed E-state index contributed by atoms with van der Waals surface area (Å²) in [5, 5.41) is 3.16. The number of amides is 1. The Balaban J connectivity index is 1.61. The van der Waals surface area contributed by atoms with Crippen LogP contribution in [-0.2, 0) is 13.0 Å². The van der Waals surface area contributed by atoms with Crippen molar-refractivity contribution in [3.8, 4) is 28.1 Å². The molecular weight excluding hydrogens is 458 g/mol. The number of anilines is 1. The molecule has 3 aromatic carbocycles. The highest BCUT2D eigenvalue weighted by Gasteiger charge is 2.29. The van der Waals surface area contributed by atoms with E-state index in [1.807, 2.05) is 42.5 Å². The van der Waals surface area contributed by atoms with E-state index in [0.717, 1.165) is 65.3 Å². The van der Waals surface area contributed by atoms with Crippen molar-refractivity contribution in [2.75, 3.05) is 12.4 Å². The minimum atomic E-state index is -0.0975. The summed E-state index contributed by atoms with van der Waals surface area (Å²) in [5.74, 6) is 0.734. The minimum Gasteiger partial charge on any atom is -0.497 e. The molecule has 1 aliphatic rings. The smallest absolute Gasteiger partial charge is 0.273 e. The van der Waals surface area contributed by atoms with E-state index in [1.54, 1.807) is 7.11 Å². The number of benzene rings is 3. The maximum Gasteiger partial charge on any atom is 0.273 e. The molecule has 5 heteroatoms. The fourth-order valence-corrected chi connectivity index (χ4v) is 5.52. The van der Waals surface area contributed by atoms with Crippen LogP contribution < -0.4 is 10.1 Å². The quantitative estimate of drug-likeness (QED) is 0.282. The number of methoxy groups -OCH3 is 1. The van der Waals surface area contributed by atoms with E-state index in [2.05, 4.69) is 64.7 Å². The minimum absolute atomic E-state index is 0.0975. The van der Waals surface area contributed by atoms with Crippen LogP contribution in [-0.4, -0.2) is 22.0 Å². The topological polar surface area (TPSA) is 47.7 Å². The standard InChI is InChI=1S/C32H31N3O2/c1-21-12-13-24(19-22(21)2)29-27-11-7-8-18-34-28(23-14-16-26(37-3)17-15-23)20-35(32(27)34)30(29)31(36)33-25-9-5-4-6-10-25/h4-6,9-10,12-17,19-20H,7-8,11,18H2,1-3H3,(H,33,36). The van der Waals surface area contributed by atoms with E-state index in [0.29, 0.717) is 5.69 Å². The molecule has 5 aromatic rings. The largest absolute Gasteiger partial charge is 0.497 e. The van der Waals surface area contributed by atoms with Gasteiger partial charge in [-0.15, -0.1) is 0 Å². The predicted octanol–water partition coefficient (Wildman–Crippen LogP) is 7.29. The van der Waals surface area contributed by atoms with Gasteiger partial charge in [0.15, 0.2) is 0 Å². The molecule has 0 saturated carbocycles. The van der Waals surface area contributed by atoms with Crippen LogP contribution in [0.3, 0.4) is 0 Å². The molecular formula is C32H31N3O2. The van der Waals surface area contributed by atoms with Gasteiger partial charge < -0.3 is 14.6 Å². The summed E-state index contributed by atoms with van der Waals surface area (Å²) in [7, 11) is 1.68. The maximum absolute atomic E-state index is 14.0. The van der Waals surface area contributed by atoms with Crippen molar-refractivity contribution in [2.24, 2.45) is 0 Å². The number of aryl methyl sites for hydroxylation is 4. The summed E-state index contributed by atoms with van der Waals surface area (Å²) in [6.07, 6.45) is 5.26. The van der Waals surface area contributed by atoms with Crippen LogP contribution >= 0.6 is 0 Å². The number of rotatable bonds is 5. The van der Waals surface area contributed by atoms with Crippen molar-refractivity contribution in [3.63, 3.8) is 0 Å². The zero-order chi connectivity index (χ0) is 25.5. The number of nitrogens with one attached hydrogen (secondary N) is 1. The molecule has 1 amide bonds. The molecule has 0 aliphatic carbocycles. The molecule has 6 rings (SSSR count). The zero-order valence-corrected chi connectivity index (χ0v) is 21.5. The van der Waals surface area contributed by atoms with Crippen molar-refractivity contribution in [1.82, 2.24) is 8.97 Å². The van der Waals surface area contributed by atoms with Gasteiger partial charge >= 0.3 is 0 Å². The Bertz CT molecular complexity index is 1610. The Kier molecular flexibility index (Phi) is 5.84. The second kappa shape index (κ2) is 9.32. The molecule has 1 aliphatic heterocycles. The monoisotopic (exact) mass is 489 g/mol. The second-order valence-corrected chi connectivity index (χ2v) is 9.87. The first-order valence-corrected chi connectivity index (χ1v) is 12.9. The number of ether oxygens (including phenoxy) is 1. The first-order chi connectivity index (χ1) is 18.0. The average molecular weight is 490 g/mol. The SMILES string of the molecule is COc1ccc(-c2cn3c(C(=O)Nc4ccccc4)c(-c4ccc(C)c(C)c4)c4c3n2CCCC4)cc1. The molecule has 5 nitrogen and oxygen atoms in total. The molecule has 0 fully saturated rings.